The topological polar surface area (TPSA) is 44.8 Å². The van der Waals surface area contributed by atoms with Crippen molar-refractivity contribution in [2.24, 2.45) is 0 Å². The Balaban J connectivity index is 3.14. The Kier molecular flexibility index (Phi) is 4.61. The summed E-state index contributed by atoms with van der Waals surface area (Å²) in [7, 11) is 4.43. The molecular weight excluding hydrogens is 276 g/mol. The molecule has 88 valence electrons. The second-order valence-electron chi connectivity index (χ2n) is 3.05. The highest BCUT2D eigenvalue weighted by molar-refractivity contribution is 9.10. The molecule has 4 nitrogen and oxygen atoms in total. The van der Waals surface area contributed by atoms with Gasteiger partial charge in [0.05, 0.1) is 27.8 Å². The van der Waals surface area contributed by atoms with Crippen LogP contribution < -0.4 is 9.47 Å². The van der Waals surface area contributed by atoms with Crippen molar-refractivity contribution < 1.29 is 19.0 Å². The van der Waals surface area contributed by atoms with E-state index in [1.165, 1.54) is 14.2 Å². The number of ether oxygens (including phenoxy) is 3. The summed E-state index contributed by atoms with van der Waals surface area (Å²) >= 11 is 3.34. The molecule has 0 saturated heterocycles. The summed E-state index contributed by atoms with van der Waals surface area (Å²) in [6, 6.07) is 3.58. The van der Waals surface area contributed by atoms with Crippen molar-refractivity contribution in [3.8, 4) is 11.5 Å². The van der Waals surface area contributed by atoms with E-state index in [1.807, 2.05) is 0 Å². The maximum absolute atomic E-state index is 11.2. The summed E-state index contributed by atoms with van der Waals surface area (Å²) in [5.74, 6) is 0.810. The highest BCUT2D eigenvalue weighted by Crippen LogP contribution is 2.34. The molecule has 0 atom stereocenters. The third kappa shape index (κ3) is 2.88. The number of hydrogen-bond donors (Lipinski definition) is 0. The van der Waals surface area contributed by atoms with Crippen molar-refractivity contribution in [3.63, 3.8) is 0 Å². The Bertz CT molecular complexity index is 390. The molecule has 1 aromatic rings. The van der Waals surface area contributed by atoms with E-state index in [9.17, 15) is 4.79 Å². The normalized spacial score (nSPS) is 9.75. The summed E-state index contributed by atoms with van der Waals surface area (Å²) in [5, 5.41) is 0. The lowest BCUT2D eigenvalue weighted by molar-refractivity contribution is -0.139. The molecule has 0 aliphatic heterocycles. The number of benzene rings is 1. The van der Waals surface area contributed by atoms with Gasteiger partial charge in [-0.3, -0.25) is 4.79 Å². The standard InChI is InChI=1S/C11H13BrO4/c1-14-9-6-8(12)4-7(11(9)16-3)5-10(13)15-2/h4,6H,5H2,1-3H3. The first-order chi connectivity index (χ1) is 7.62. The number of halogens is 1. The Morgan fingerprint density at radius 2 is 1.94 bits per heavy atom. The highest BCUT2D eigenvalue weighted by atomic mass is 79.9. The average molecular weight is 289 g/mol. The van der Waals surface area contributed by atoms with Crippen molar-refractivity contribution in [1.29, 1.82) is 0 Å². The van der Waals surface area contributed by atoms with E-state index in [-0.39, 0.29) is 12.4 Å². The maximum Gasteiger partial charge on any atom is 0.310 e. The molecule has 0 saturated carbocycles. The predicted octanol–water partition coefficient (Wildman–Crippen LogP) is 2.18. The zero-order valence-electron chi connectivity index (χ0n) is 9.37. The third-order valence-electron chi connectivity index (χ3n) is 2.08. The van der Waals surface area contributed by atoms with Crippen LogP contribution in [-0.2, 0) is 16.0 Å². The second-order valence-corrected chi connectivity index (χ2v) is 3.97. The summed E-state index contributed by atoms with van der Waals surface area (Å²) in [4.78, 5) is 11.2. The van der Waals surface area contributed by atoms with E-state index < -0.39 is 0 Å². The second kappa shape index (κ2) is 5.75. The largest absolute Gasteiger partial charge is 0.493 e. The van der Waals surface area contributed by atoms with Crippen LogP contribution in [0.2, 0.25) is 0 Å². The van der Waals surface area contributed by atoms with Crippen LogP contribution >= 0.6 is 15.9 Å². The van der Waals surface area contributed by atoms with Crippen LogP contribution in [0.5, 0.6) is 11.5 Å². The quantitative estimate of drug-likeness (QED) is 0.797. The molecule has 0 N–H and O–H groups in total. The fourth-order valence-electron chi connectivity index (χ4n) is 1.36. The van der Waals surface area contributed by atoms with E-state index in [0.29, 0.717) is 11.5 Å². The van der Waals surface area contributed by atoms with Gasteiger partial charge in [-0.2, -0.15) is 0 Å². The van der Waals surface area contributed by atoms with Gasteiger partial charge in [-0.15, -0.1) is 0 Å². The molecule has 0 radical (unpaired) electrons. The molecule has 0 heterocycles. The first kappa shape index (κ1) is 12.8. The average Bonchev–Trinajstić information content (AvgIpc) is 2.28. The SMILES string of the molecule is COC(=O)Cc1cc(Br)cc(OC)c1OC. The predicted molar refractivity (Wildman–Crippen MR) is 63.0 cm³/mol. The minimum atomic E-state index is -0.321. The van der Waals surface area contributed by atoms with Gasteiger partial charge in [-0.1, -0.05) is 15.9 Å². The van der Waals surface area contributed by atoms with Crippen molar-refractivity contribution in [2.45, 2.75) is 6.42 Å². The van der Waals surface area contributed by atoms with Gasteiger partial charge in [0.25, 0.3) is 0 Å². The maximum atomic E-state index is 11.2. The molecule has 0 bridgehead atoms. The van der Waals surface area contributed by atoms with Gasteiger partial charge in [-0.05, 0) is 12.1 Å². The van der Waals surface area contributed by atoms with E-state index >= 15 is 0 Å². The zero-order chi connectivity index (χ0) is 12.1. The number of esters is 1. The summed E-state index contributed by atoms with van der Waals surface area (Å²) in [5.41, 5.74) is 0.723. The smallest absolute Gasteiger partial charge is 0.310 e. The van der Waals surface area contributed by atoms with Crippen LogP contribution in [0.25, 0.3) is 0 Å². The third-order valence-corrected chi connectivity index (χ3v) is 2.54. The Labute approximate surface area is 103 Å². The highest BCUT2D eigenvalue weighted by Gasteiger charge is 2.14. The van der Waals surface area contributed by atoms with Gasteiger partial charge < -0.3 is 14.2 Å². The summed E-state index contributed by atoms with van der Waals surface area (Å²) < 4.78 is 15.8. The molecular formula is C11H13BrO4. The van der Waals surface area contributed by atoms with Gasteiger partial charge in [-0.25, -0.2) is 0 Å². The van der Waals surface area contributed by atoms with Crippen molar-refractivity contribution >= 4 is 21.9 Å². The lowest BCUT2D eigenvalue weighted by atomic mass is 10.1. The van der Waals surface area contributed by atoms with Crippen LogP contribution in [-0.4, -0.2) is 27.3 Å². The molecule has 0 aromatic heterocycles. The monoisotopic (exact) mass is 288 g/mol. The fourth-order valence-corrected chi connectivity index (χ4v) is 1.85. The van der Waals surface area contributed by atoms with E-state index in [4.69, 9.17) is 9.47 Å². The molecule has 1 rings (SSSR count). The molecule has 5 heteroatoms. The first-order valence-corrected chi connectivity index (χ1v) is 5.39. The molecule has 0 fully saturated rings. The van der Waals surface area contributed by atoms with Crippen LogP contribution in [0.4, 0.5) is 0 Å². The molecule has 0 aliphatic rings. The number of methoxy groups -OCH3 is 3. The lowest BCUT2D eigenvalue weighted by Crippen LogP contribution is -2.06. The number of rotatable bonds is 4. The van der Waals surface area contributed by atoms with Crippen LogP contribution in [0.15, 0.2) is 16.6 Å². The van der Waals surface area contributed by atoms with E-state index in [1.54, 1.807) is 19.2 Å². The minimum absolute atomic E-state index is 0.148. The van der Waals surface area contributed by atoms with E-state index in [2.05, 4.69) is 20.7 Å². The van der Waals surface area contributed by atoms with Crippen LogP contribution in [0.3, 0.4) is 0 Å². The lowest BCUT2D eigenvalue weighted by Gasteiger charge is -2.12. The van der Waals surface area contributed by atoms with Crippen molar-refractivity contribution in [2.75, 3.05) is 21.3 Å². The van der Waals surface area contributed by atoms with Crippen molar-refractivity contribution in [1.82, 2.24) is 0 Å². The molecule has 16 heavy (non-hydrogen) atoms. The Morgan fingerprint density at radius 3 is 2.44 bits per heavy atom. The zero-order valence-corrected chi connectivity index (χ0v) is 11.0. The Hall–Kier alpha value is -1.23. The first-order valence-electron chi connectivity index (χ1n) is 4.59. The van der Waals surface area contributed by atoms with Crippen LogP contribution in [0, 0.1) is 0 Å². The number of carbonyl (C=O) groups excluding carboxylic acids is 1. The fraction of sp³-hybridized carbons (Fsp3) is 0.364. The summed E-state index contributed by atoms with van der Waals surface area (Å²) in [6.45, 7) is 0. The molecule has 0 spiro atoms. The van der Waals surface area contributed by atoms with Gasteiger partial charge in [0, 0.05) is 10.0 Å². The van der Waals surface area contributed by atoms with Gasteiger partial charge in [0.1, 0.15) is 0 Å². The Morgan fingerprint density at radius 1 is 1.25 bits per heavy atom. The number of carbonyl (C=O) groups is 1. The molecule has 0 aliphatic carbocycles. The van der Waals surface area contributed by atoms with Gasteiger partial charge >= 0.3 is 5.97 Å². The van der Waals surface area contributed by atoms with Gasteiger partial charge in [0.2, 0.25) is 0 Å². The number of hydrogen-bond acceptors (Lipinski definition) is 4. The summed E-state index contributed by atoms with van der Waals surface area (Å²) in [6.07, 6.45) is 0.148. The van der Waals surface area contributed by atoms with Crippen molar-refractivity contribution in [3.05, 3.63) is 22.2 Å². The van der Waals surface area contributed by atoms with E-state index in [0.717, 1.165) is 10.0 Å². The van der Waals surface area contributed by atoms with Gasteiger partial charge in [0.15, 0.2) is 11.5 Å². The molecule has 1 aromatic carbocycles. The molecule has 0 unspecified atom stereocenters. The molecule has 0 amide bonds. The minimum Gasteiger partial charge on any atom is -0.493 e. The van der Waals surface area contributed by atoms with Crippen LogP contribution in [0.1, 0.15) is 5.56 Å².